The monoisotopic (exact) mass is 395 g/mol. The van der Waals surface area contributed by atoms with E-state index in [1.807, 2.05) is 18.2 Å². The Morgan fingerprint density at radius 1 is 0.621 bits per heavy atom. The molecule has 0 saturated carbocycles. The number of nitrogens with zero attached hydrogens (tertiary/aromatic N) is 2. The Bertz CT molecular complexity index is 748. The van der Waals surface area contributed by atoms with Crippen LogP contribution in [-0.4, -0.2) is 50.3 Å². The van der Waals surface area contributed by atoms with E-state index in [-0.39, 0.29) is 24.2 Å². The van der Waals surface area contributed by atoms with Crippen LogP contribution in [0.5, 0.6) is 0 Å². The topological polar surface area (TPSA) is 123 Å². The van der Waals surface area contributed by atoms with Gasteiger partial charge in [0, 0.05) is 73.1 Å². The van der Waals surface area contributed by atoms with Gasteiger partial charge in [0.05, 0.1) is 0 Å². The molecule has 2 aliphatic heterocycles. The predicted octanol–water partition coefficient (Wildman–Crippen LogP) is 1.16. The van der Waals surface area contributed by atoms with Crippen molar-refractivity contribution >= 4 is 22.7 Å². The number of nitrogens with one attached hydrogen (secondary N) is 1. The van der Waals surface area contributed by atoms with E-state index in [1.165, 1.54) is 0 Å². The summed E-state index contributed by atoms with van der Waals surface area (Å²) in [6.45, 7) is 3.23. The van der Waals surface area contributed by atoms with Gasteiger partial charge in [-0.3, -0.25) is 0 Å². The first kappa shape index (κ1) is 20.0. The van der Waals surface area contributed by atoms with Gasteiger partial charge in [-0.15, -0.1) is 0 Å². The Kier molecular flexibility index (Phi) is 5.91. The molecule has 4 unspecified atom stereocenters. The van der Waals surface area contributed by atoms with E-state index in [4.69, 9.17) is 22.9 Å². The van der Waals surface area contributed by atoms with Crippen LogP contribution in [-0.2, 0) is 0 Å². The van der Waals surface area contributed by atoms with Crippen LogP contribution in [0.15, 0.2) is 48.5 Å². The molecular formula is C22H33N7. The number of piperidine rings is 2. The highest BCUT2D eigenvalue weighted by Gasteiger charge is 2.26. The second-order valence-corrected chi connectivity index (χ2v) is 8.55. The zero-order valence-corrected chi connectivity index (χ0v) is 16.9. The third-order valence-electron chi connectivity index (χ3n) is 5.73. The molecule has 9 N–H and O–H groups in total. The van der Waals surface area contributed by atoms with Crippen LogP contribution in [0.1, 0.15) is 12.8 Å². The van der Waals surface area contributed by atoms with Gasteiger partial charge in [0.25, 0.3) is 0 Å². The van der Waals surface area contributed by atoms with Crippen LogP contribution in [0.2, 0.25) is 0 Å². The zero-order chi connectivity index (χ0) is 20.4. The van der Waals surface area contributed by atoms with Crippen molar-refractivity contribution in [1.82, 2.24) is 0 Å². The number of hydrogen-bond donors (Lipinski definition) is 5. The highest BCUT2D eigenvalue weighted by Crippen LogP contribution is 2.32. The van der Waals surface area contributed by atoms with Crippen molar-refractivity contribution in [2.24, 2.45) is 22.9 Å². The summed E-state index contributed by atoms with van der Waals surface area (Å²) in [5, 5.41) is 3.53. The zero-order valence-electron chi connectivity index (χ0n) is 16.9. The van der Waals surface area contributed by atoms with E-state index in [9.17, 15) is 0 Å². The number of hydrogen-bond acceptors (Lipinski definition) is 7. The molecule has 29 heavy (non-hydrogen) atoms. The Morgan fingerprint density at radius 2 is 1.07 bits per heavy atom. The van der Waals surface area contributed by atoms with Gasteiger partial charge in [0.1, 0.15) is 0 Å². The van der Waals surface area contributed by atoms with Crippen molar-refractivity contribution in [1.29, 1.82) is 0 Å². The summed E-state index contributed by atoms with van der Waals surface area (Å²) in [7, 11) is 0. The fourth-order valence-electron chi connectivity index (χ4n) is 4.50. The van der Waals surface area contributed by atoms with Gasteiger partial charge in [0.2, 0.25) is 0 Å². The van der Waals surface area contributed by atoms with Crippen molar-refractivity contribution in [3.8, 4) is 0 Å². The first-order valence-electron chi connectivity index (χ1n) is 10.5. The Morgan fingerprint density at radius 3 is 1.52 bits per heavy atom. The van der Waals surface area contributed by atoms with Crippen molar-refractivity contribution in [3.05, 3.63) is 48.5 Å². The largest absolute Gasteiger partial charge is 0.368 e. The van der Waals surface area contributed by atoms with Gasteiger partial charge in [-0.2, -0.15) is 0 Å². The average Bonchev–Trinajstić information content (AvgIpc) is 2.67. The van der Waals surface area contributed by atoms with Crippen molar-refractivity contribution in [3.63, 3.8) is 0 Å². The molecule has 0 bridgehead atoms. The van der Waals surface area contributed by atoms with Gasteiger partial charge in [-0.05, 0) is 43.2 Å². The molecule has 7 nitrogen and oxygen atoms in total. The lowest BCUT2D eigenvalue weighted by atomic mass is 10.00. The third-order valence-corrected chi connectivity index (χ3v) is 5.73. The minimum Gasteiger partial charge on any atom is -0.368 e. The highest BCUT2D eigenvalue weighted by atomic mass is 15.2. The van der Waals surface area contributed by atoms with Crippen LogP contribution in [0.4, 0.5) is 22.7 Å². The van der Waals surface area contributed by atoms with Gasteiger partial charge in [-0.25, -0.2) is 0 Å². The second-order valence-electron chi connectivity index (χ2n) is 8.55. The molecule has 0 aromatic heterocycles. The molecule has 2 aromatic rings. The second kappa shape index (κ2) is 8.59. The number of nitrogens with two attached hydrogens (primary N) is 4. The maximum atomic E-state index is 6.25. The SMILES string of the molecule is NC1CC(N)CN(c2cc(Nc3ccccc3)cc(N3CC(N)CC(N)C3)c2)C1. The smallest absolute Gasteiger partial charge is 0.0425 e. The lowest BCUT2D eigenvalue weighted by Crippen LogP contribution is -2.53. The summed E-state index contributed by atoms with van der Waals surface area (Å²) in [5.41, 5.74) is 29.3. The minimum atomic E-state index is 0.0877. The summed E-state index contributed by atoms with van der Waals surface area (Å²) in [4.78, 5) is 4.59. The van der Waals surface area contributed by atoms with E-state index in [2.05, 4.69) is 45.4 Å². The molecule has 4 atom stereocenters. The molecule has 156 valence electrons. The maximum absolute atomic E-state index is 6.25. The Hall–Kier alpha value is -2.32. The van der Waals surface area contributed by atoms with Gasteiger partial charge in [0.15, 0.2) is 0 Å². The minimum absolute atomic E-state index is 0.0877. The lowest BCUT2D eigenvalue weighted by Gasteiger charge is -2.39. The van der Waals surface area contributed by atoms with Crippen LogP contribution < -0.4 is 38.1 Å². The highest BCUT2D eigenvalue weighted by molar-refractivity contribution is 5.73. The molecule has 2 heterocycles. The quantitative estimate of drug-likeness (QED) is 0.526. The average molecular weight is 396 g/mol. The fraction of sp³-hybridized carbons (Fsp3) is 0.455. The summed E-state index contributed by atoms with van der Waals surface area (Å²) in [6.07, 6.45) is 1.72. The summed E-state index contributed by atoms with van der Waals surface area (Å²) in [5.74, 6) is 0. The molecule has 4 rings (SSSR count). The molecule has 7 heteroatoms. The molecule has 2 aliphatic rings. The lowest BCUT2D eigenvalue weighted by molar-refractivity contribution is 0.449. The van der Waals surface area contributed by atoms with Crippen LogP contribution in [0.3, 0.4) is 0 Å². The fourth-order valence-corrected chi connectivity index (χ4v) is 4.50. The number of anilines is 4. The van der Waals surface area contributed by atoms with Crippen LogP contribution in [0, 0.1) is 0 Å². The molecule has 0 spiro atoms. The van der Waals surface area contributed by atoms with Gasteiger partial charge >= 0.3 is 0 Å². The summed E-state index contributed by atoms with van der Waals surface area (Å²) < 4.78 is 0. The summed E-state index contributed by atoms with van der Waals surface area (Å²) >= 11 is 0. The van der Waals surface area contributed by atoms with E-state index < -0.39 is 0 Å². The number of rotatable bonds is 4. The molecule has 0 radical (unpaired) electrons. The van der Waals surface area contributed by atoms with Crippen molar-refractivity contribution in [2.75, 3.05) is 41.3 Å². The van der Waals surface area contributed by atoms with Crippen LogP contribution in [0.25, 0.3) is 0 Å². The standard InChI is InChI=1S/C22H33N7/c23-15-6-16(24)12-28(11-15)21-8-20(27-19-4-2-1-3-5-19)9-22(10-21)29-13-17(25)7-18(26)14-29/h1-5,8-10,15-18,27H,6-7,11-14,23-26H2. The molecule has 0 aliphatic carbocycles. The number of para-hydroxylation sites is 1. The van der Waals surface area contributed by atoms with E-state index in [0.29, 0.717) is 0 Å². The van der Waals surface area contributed by atoms with Gasteiger partial charge in [-0.1, -0.05) is 18.2 Å². The van der Waals surface area contributed by atoms with E-state index in [0.717, 1.165) is 61.8 Å². The van der Waals surface area contributed by atoms with E-state index in [1.54, 1.807) is 0 Å². The van der Waals surface area contributed by atoms with Crippen LogP contribution >= 0.6 is 0 Å². The van der Waals surface area contributed by atoms with Crippen molar-refractivity contribution in [2.45, 2.75) is 37.0 Å². The first-order valence-corrected chi connectivity index (χ1v) is 10.5. The molecule has 2 fully saturated rings. The Labute approximate surface area is 173 Å². The molecule has 2 aromatic carbocycles. The summed E-state index contributed by atoms with van der Waals surface area (Å²) in [6, 6.07) is 17.1. The maximum Gasteiger partial charge on any atom is 0.0425 e. The first-order chi connectivity index (χ1) is 14.0. The molecular weight excluding hydrogens is 362 g/mol. The van der Waals surface area contributed by atoms with Crippen molar-refractivity contribution < 1.29 is 0 Å². The normalized spacial score (nSPS) is 27.7. The number of benzene rings is 2. The predicted molar refractivity (Wildman–Crippen MR) is 122 cm³/mol. The van der Waals surface area contributed by atoms with E-state index >= 15 is 0 Å². The molecule has 2 saturated heterocycles. The molecule has 0 amide bonds. The Balaban J connectivity index is 1.67. The van der Waals surface area contributed by atoms with Gasteiger partial charge < -0.3 is 38.1 Å². The third kappa shape index (κ3) is 5.00.